The van der Waals surface area contributed by atoms with Crippen LogP contribution in [0, 0.1) is 17.8 Å². The second-order valence-electron chi connectivity index (χ2n) is 12.9. The lowest BCUT2D eigenvalue weighted by atomic mass is 9.77. The van der Waals surface area contributed by atoms with Crippen molar-refractivity contribution in [3.8, 4) is 15.5 Å². The third-order valence-electron chi connectivity index (χ3n) is 8.25. The number of rotatable bonds is 17. The molecule has 0 spiro atoms. The smallest absolute Gasteiger partial charge is 0.140 e. The Morgan fingerprint density at radius 3 is 1.74 bits per heavy atom. The molecule has 2 aromatic rings. The van der Waals surface area contributed by atoms with E-state index in [0.717, 1.165) is 30.4 Å². The summed E-state index contributed by atoms with van der Waals surface area (Å²) >= 11 is 3.74. The summed E-state index contributed by atoms with van der Waals surface area (Å²) in [5, 5.41) is 4.48. The summed E-state index contributed by atoms with van der Waals surface area (Å²) in [6.45, 7) is 24.7. The molecule has 3 unspecified atom stereocenters. The second-order valence-corrected chi connectivity index (χ2v) is 14.7. The van der Waals surface area contributed by atoms with E-state index in [2.05, 4.69) is 85.2 Å². The molecule has 0 fully saturated rings. The summed E-state index contributed by atoms with van der Waals surface area (Å²) in [6.07, 6.45) is 21.1. The van der Waals surface area contributed by atoms with Crippen LogP contribution in [0.1, 0.15) is 184 Å². The molecule has 3 heterocycles. The predicted octanol–water partition coefficient (Wildman–Crippen LogP) is 15.3. The summed E-state index contributed by atoms with van der Waals surface area (Å²) in [5.41, 5.74) is 1.33. The Labute approximate surface area is 272 Å². The van der Waals surface area contributed by atoms with Gasteiger partial charge in [0.15, 0.2) is 0 Å². The SMILES string of the molecule is CC.CCCC.CCCCC(C)CC1(CCC(C)CCCCC(C)C)Oc2ccsc2-c2sccc21.CCCCCC. The molecule has 1 nitrogen and oxygen atoms in total. The van der Waals surface area contributed by atoms with Crippen LogP contribution in [-0.4, -0.2) is 0 Å². The van der Waals surface area contributed by atoms with Crippen LogP contribution in [0.25, 0.3) is 9.75 Å². The van der Waals surface area contributed by atoms with Gasteiger partial charge in [0.1, 0.15) is 11.4 Å². The van der Waals surface area contributed by atoms with E-state index in [0.29, 0.717) is 5.92 Å². The Morgan fingerprint density at radius 1 is 0.619 bits per heavy atom. The Kier molecular flexibility index (Phi) is 25.0. The molecule has 246 valence electrons. The van der Waals surface area contributed by atoms with Gasteiger partial charge in [-0.2, -0.15) is 0 Å². The number of fused-ring (bicyclic) bond motifs is 3. The Hall–Kier alpha value is -0.800. The first-order valence-electron chi connectivity index (χ1n) is 18.1. The van der Waals surface area contributed by atoms with Crippen LogP contribution in [-0.2, 0) is 5.60 Å². The molecule has 3 atom stereocenters. The molecule has 3 heteroatoms. The summed E-state index contributed by atoms with van der Waals surface area (Å²) in [7, 11) is 0. The van der Waals surface area contributed by atoms with E-state index in [1.165, 1.54) is 105 Å². The maximum Gasteiger partial charge on any atom is 0.140 e. The van der Waals surface area contributed by atoms with E-state index in [4.69, 9.17) is 4.74 Å². The number of unbranched alkanes of at least 4 members (excludes halogenated alkanes) is 6. The molecule has 0 aromatic carbocycles. The van der Waals surface area contributed by atoms with Crippen molar-refractivity contribution < 1.29 is 4.74 Å². The molecule has 0 radical (unpaired) electrons. The van der Waals surface area contributed by atoms with Gasteiger partial charge in [0.25, 0.3) is 0 Å². The van der Waals surface area contributed by atoms with Gasteiger partial charge in [-0.15, -0.1) is 22.7 Å². The van der Waals surface area contributed by atoms with Crippen LogP contribution in [0.2, 0.25) is 0 Å². The average molecular weight is 621 g/mol. The average Bonchev–Trinajstić information content (AvgIpc) is 3.68. The van der Waals surface area contributed by atoms with Crippen LogP contribution in [0.5, 0.6) is 5.75 Å². The quantitative estimate of drug-likeness (QED) is 0.160. The first kappa shape index (κ1) is 41.2. The second kappa shape index (κ2) is 25.5. The lowest BCUT2D eigenvalue weighted by molar-refractivity contribution is 0.0230. The minimum atomic E-state index is -0.136. The molecule has 0 N–H and O–H groups in total. The van der Waals surface area contributed by atoms with Crippen LogP contribution < -0.4 is 4.74 Å². The molecular formula is C39H72OS2. The van der Waals surface area contributed by atoms with E-state index in [9.17, 15) is 0 Å². The highest BCUT2D eigenvalue weighted by atomic mass is 32.1. The van der Waals surface area contributed by atoms with E-state index in [1.807, 2.05) is 36.5 Å². The molecule has 42 heavy (non-hydrogen) atoms. The Balaban J connectivity index is 0.00000119. The zero-order valence-electron chi connectivity index (χ0n) is 30.1. The number of thiophene rings is 2. The molecule has 0 saturated heterocycles. The van der Waals surface area contributed by atoms with Gasteiger partial charge in [0.2, 0.25) is 0 Å². The van der Waals surface area contributed by atoms with Gasteiger partial charge in [-0.25, -0.2) is 0 Å². The van der Waals surface area contributed by atoms with Crippen LogP contribution in [0.3, 0.4) is 0 Å². The van der Waals surface area contributed by atoms with Gasteiger partial charge < -0.3 is 4.74 Å². The summed E-state index contributed by atoms with van der Waals surface area (Å²) in [4.78, 5) is 2.82. The Morgan fingerprint density at radius 2 is 1.17 bits per heavy atom. The molecule has 2 aromatic heterocycles. The van der Waals surface area contributed by atoms with Crippen molar-refractivity contribution in [2.75, 3.05) is 0 Å². The molecule has 3 rings (SSSR count). The van der Waals surface area contributed by atoms with Gasteiger partial charge >= 0.3 is 0 Å². The number of hydrogen-bond donors (Lipinski definition) is 0. The van der Waals surface area contributed by atoms with Crippen LogP contribution in [0.15, 0.2) is 22.9 Å². The van der Waals surface area contributed by atoms with Crippen molar-refractivity contribution in [2.24, 2.45) is 17.8 Å². The molecule has 0 saturated carbocycles. The fourth-order valence-corrected chi connectivity index (χ4v) is 7.47. The van der Waals surface area contributed by atoms with Crippen molar-refractivity contribution in [3.05, 3.63) is 28.5 Å². The fourth-order valence-electron chi connectivity index (χ4n) is 5.48. The van der Waals surface area contributed by atoms with Crippen molar-refractivity contribution in [1.82, 2.24) is 0 Å². The van der Waals surface area contributed by atoms with E-state index in [-0.39, 0.29) is 5.60 Å². The highest BCUT2D eigenvalue weighted by molar-refractivity contribution is 7.20. The van der Waals surface area contributed by atoms with Gasteiger partial charge in [-0.3, -0.25) is 0 Å². The van der Waals surface area contributed by atoms with Gasteiger partial charge in [-0.05, 0) is 59.9 Å². The monoisotopic (exact) mass is 621 g/mol. The zero-order valence-corrected chi connectivity index (χ0v) is 31.7. The van der Waals surface area contributed by atoms with Crippen LogP contribution >= 0.6 is 22.7 Å². The largest absolute Gasteiger partial charge is 0.481 e. The normalized spacial score (nSPS) is 16.4. The van der Waals surface area contributed by atoms with Crippen molar-refractivity contribution in [1.29, 1.82) is 0 Å². The summed E-state index contributed by atoms with van der Waals surface area (Å²) < 4.78 is 6.92. The number of ether oxygens (including phenoxy) is 1. The molecule has 1 aliphatic rings. The van der Waals surface area contributed by atoms with Gasteiger partial charge in [0.05, 0.1) is 9.75 Å². The maximum absolute atomic E-state index is 6.92. The minimum Gasteiger partial charge on any atom is -0.481 e. The van der Waals surface area contributed by atoms with Crippen LogP contribution in [0.4, 0.5) is 0 Å². The third kappa shape index (κ3) is 15.8. The van der Waals surface area contributed by atoms with Crippen molar-refractivity contribution in [2.45, 2.75) is 184 Å². The van der Waals surface area contributed by atoms with E-state index in [1.54, 1.807) is 0 Å². The lowest BCUT2D eigenvalue weighted by Crippen LogP contribution is -2.37. The third-order valence-corrected chi connectivity index (χ3v) is 10.2. The molecular weight excluding hydrogens is 549 g/mol. The lowest BCUT2D eigenvalue weighted by Gasteiger charge is -2.40. The fraction of sp³-hybridized carbons (Fsp3) is 0.795. The van der Waals surface area contributed by atoms with E-state index < -0.39 is 0 Å². The van der Waals surface area contributed by atoms with Gasteiger partial charge in [0, 0.05) is 5.56 Å². The van der Waals surface area contributed by atoms with Crippen molar-refractivity contribution in [3.63, 3.8) is 0 Å². The molecule has 0 aliphatic carbocycles. The summed E-state index contributed by atoms with van der Waals surface area (Å²) in [5.74, 6) is 3.43. The molecule has 0 bridgehead atoms. The van der Waals surface area contributed by atoms with Crippen molar-refractivity contribution >= 4 is 22.7 Å². The van der Waals surface area contributed by atoms with Gasteiger partial charge in [-0.1, -0.05) is 160 Å². The molecule has 0 amide bonds. The molecule has 1 aliphatic heterocycles. The zero-order chi connectivity index (χ0) is 31.8. The highest BCUT2D eigenvalue weighted by Crippen LogP contribution is 2.54. The maximum atomic E-state index is 6.92. The predicted molar refractivity (Wildman–Crippen MR) is 197 cm³/mol. The highest BCUT2D eigenvalue weighted by Gasteiger charge is 2.43. The van der Waals surface area contributed by atoms with E-state index >= 15 is 0 Å². The first-order chi connectivity index (χ1) is 20.3. The number of hydrogen-bond acceptors (Lipinski definition) is 3. The Bertz CT molecular complexity index is 844. The summed E-state index contributed by atoms with van der Waals surface area (Å²) in [6, 6.07) is 4.56. The standard InChI is InChI=1S/C27H42OS2.C6H14.C4H10.C2H6/c1-6-7-11-22(5)19-27(16-13-21(4)12-9-8-10-20(2)3)23-14-17-29-25(23)26-24(28-27)15-18-30-26;1-3-5-6-4-2;1-3-4-2;1-2/h14-15,17-18,20-22H,6-13,16,19H2,1-5H3;3-6H2,1-2H3;3-4H2,1-2H3;1-2H3. The first-order valence-corrected chi connectivity index (χ1v) is 19.9. The topological polar surface area (TPSA) is 9.23 Å². The minimum absolute atomic E-state index is 0.136.